The molecule has 0 unspecified atom stereocenters. The molecular weight excluding hydrogens is 490 g/mol. The smallest absolute Gasteiger partial charge is 0.258 e. The van der Waals surface area contributed by atoms with Gasteiger partial charge in [0.2, 0.25) is 5.91 Å². The van der Waals surface area contributed by atoms with Crippen molar-refractivity contribution in [1.82, 2.24) is 15.5 Å². The van der Waals surface area contributed by atoms with Crippen molar-refractivity contribution in [2.75, 3.05) is 33.9 Å². The summed E-state index contributed by atoms with van der Waals surface area (Å²) in [5.41, 5.74) is 1.14. The summed E-state index contributed by atoms with van der Waals surface area (Å²) in [7, 11) is 3.03. The predicted molar refractivity (Wildman–Crippen MR) is 137 cm³/mol. The van der Waals surface area contributed by atoms with E-state index in [1.54, 1.807) is 29.2 Å². The second kappa shape index (κ2) is 11.0. The molecular formula is C28H31N3O7. The molecule has 200 valence electrons. The summed E-state index contributed by atoms with van der Waals surface area (Å²) in [6, 6.07) is 9.70. The van der Waals surface area contributed by atoms with Gasteiger partial charge < -0.3 is 34.5 Å². The number of fused-ring (bicyclic) bond motifs is 7. The lowest BCUT2D eigenvalue weighted by molar-refractivity contribution is -0.134. The maximum absolute atomic E-state index is 13.3. The van der Waals surface area contributed by atoms with Crippen LogP contribution in [0.1, 0.15) is 28.8 Å². The molecule has 4 bridgehead atoms. The van der Waals surface area contributed by atoms with Gasteiger partial charge in [-0.15, -0.1) is 0 Å². The Hall–Kier alpha value is -4.21. The van der Waals surface area contributed by atoms with Crippen molar-refractivity contribution in [2.45, 2.75) is 31.5 Å². The van der Waals surface area contributed by atoms with Gasteiger partial charge in [-0.2, -0.15) is 0 Å². The number of nitrogens with zero attached hydrogens (tertiary/aromatic N) is 1. The average molecular weight is 522 g/mol. The van der Waals surface area contributed by atoms with Gasteiger partial charge in [0.25, 0.3) is 11.8 Å². The van der Waals surface area contributed by atoms with E-state index in [0.29, 0.717) is 35.9 Å². The number of carbonyl (C=O) groups excluding carboxylic acids is 3. The summed E-state index contributed by atoms with van der Waals surface area (Å²) in [5, 5.41) is 5.85. The lowest BCUT2D eigenvalue weighted by Crippen LogP contribution is -2.45. The summed E-state index contributed by atoms with van der Waals surface area (Å²) in [4.78, 5) is 40.7. The van der Waals surface area contributed by atoms with Gasteiger partial charge >= 0.3 is 0 Å². The fourth-order valence-corrected chi connectivity index (χ4v) is 4.95. The van der Waals surface area contributed by atoms with Gasteiger partial charge in [0.05, 0.1) is 26.8 Å². The van der Waals surface area contributed by atoms with Crippen molar-refractivity contribution in [1.29, 1.82) is 0 Å². The maximum Gasteiger partial charge on any atom is 0.258 e. The molecule has 2 N–H and O–H groups in total. The molecule has 10 nitrogen and oxygen atoms in total. The number of hydrogen-bond acceptors (Lipinski definition) is 7. The SMILES string of the molecule is COc1ccc2cc1OCC(=O)NCc1ccc(c(OC)c1)O[C@H]1CN(C(=O)C3CC=CC3)C[C@@H]1NC2=O. The molecule has 0 saturated carbocycles. The molecule has 1 aliphatic carbocycles. The van der Waals surface area contributed by atoms with Crippen LogP contribution in [-0.2, 0) is 16.1 Å². The highest BCUT2D eigenvalue weighted by molar-refractivity contribution is 5.95. The summed E-state index contributed by atoms with van der Waals surface area (Å²) in [6.45, 7) is 0.666. The Kier molecular flexibility index (Phi) is 7.39. The molecule has 1 fully saturated rings. The number of likely N-dealkylation sites (tertiary alicyclic amines) is 1. The van der Waals surface area contributed by atoms with Crippen LogP contribution >= 0.6 is 0 Å². The third kappa shape index (κ3) is 5.39. The maximum atomic E-state index is 13.3. The van der Waals surface area contributed by atoms with Crippen LogP contribution in [0.25, 0.3) is 0 Å². The highest BCUT2D eigenvalue weighted by Gasteiger charge is 2.40. The molecule has 10 heteroatoms. The second-order valence-corrected chi connectivity index (χ2v) is 9.54. The van der Waals surface area contributed by atoms with Crippen LogP contribution in [0.15, 0.2) is 48.6 Å². The standard InChI is InChI=1S/C28H31N3O7/c1-35-21-10-8-19-12-24(21)37-16-26(32)29-13-17-7-9-22(23(11-17)36-2)38-25-15-31(14-20(25)30-27(19)33)28(34)18-5-3-4-6-18/h3-4,7-12,18,20,25H,5-6,13-16H2,1-2H3,(H,29,32)(H,30,33)/t20-,25-/m0/s1. The van der Waals surface area contributed by atoms with Gasteiger partial charge in [-0.05, 0) is 48.7 Å². The summed E-state index contributed by atoms with van der Waals surface area (Å²) < 4.78 is 23.0. The minimum Gasteiger partial charge on any atom is -0.493 e. The quantitative estimate of drug-likeness (QED) is 0.594. The first-order valence-electron chi connectivity index (χ1n) is 12.6. The van der Waals surface area contributed by atoms with Gasteiger partial charge in [-0.3, -0.25) is 14.4 Å². The zero-order chi connectivity index (χ0) is 26.6. The number of allylic oxidation sites excluding steroid dienone is 2. The molecule has 38 heavy (non-hydrogen) atoms. The van der Waals surface area contributed by atoms with E-state index in [9.17, 15) is 14.4 Å². The van der Waals surface area contributed by atoms with Crippen LogP contribution in [0.4, 0.5) is 0 Å². The predicted octanol–water partition coefficient (Wildman–Crippen LogP) is 2.07. The van der Waals surface area contributed by atoms with Gasteiger partial charge in [-0.25, -0.2) is 0 Å². The molecule has 3 heterocycles. The number of carbonyl (C=O) groups is 3. The van der Waals surface area contributed by atoms with Crippen LogP contribution in [0.3, 0.4) is 0 Å². The van der Waals surface area contributed by atoms with Crippen molar-refractivity contribution in [3.63, 3.8) is 0 Å². The van der Waals surface area contributed by atoms with Crippen molar-refractivity contribution in [2.24, 2.45) is 5.92 Å². The van der Waals surface area contributed by atoms with Crippen LogP contribution in [0, 0.1) is 5.92 Å². The Morgan fingerprint density at radius 2 is 1.76 bits per heavy atom. The molecule has 1 saturated heterocycles. The van der Waals surface area contributed by atoms with Gasteiger partial charge in [0, 0.05) is 24.6 Å². The number of hydrogen-bond donors (Lipinski definition) is 2. The summed E-state index contributed by atoms with van der Waals surface area (Å²) in [5.74, 6) is 0.936. The van der Waals surface area contributed by atoms with Gasteiger partial charge in [0.1, 0.15) is 6.10 Å². The number of amides is 3. The summed E-state index contributed by atoms with van der Waals surface area (Å²) in [6.07, 6.45) is 5.00. The van der Waals surface area contributed by atoms with Crippen molar-refractivity contribution in [3.05, 3.63) is 59.7 Å². The Morgan fingerprint density at radius 3 is 2.53 bits per heavy atom. The number of rotatable bonds is 3. The van der Waals surface area contributed by atoms with Crippen LogP contribution in [0.2, 0.25) is 0 Å². The van der Waals surface area contributed by atoms with Crippen LogP contribution < -0.4 is 29.6 Å². The molecule has 3 aliphatic heterocycles. The van der Waals surface area contributed by atoms with Crippen molar-refractivity contribution < 1.29 is 33.3 Å². The zero-order valence-corrected chi connectivity index (χ0v) is 21.4. The number of methoxy groups -OCH3 is 2. The minimum absolute atomic E-state index is 0.0562. The minimum atomic E-state index is -0.499. The largest absolute Gasteiger partial charge is 0.493 e. The van der Waals surface area contributed by atoms with Gasteiger partial charge in [-0.1, -0.05) is 18.2 Å². The first kappa shape index (κ1) is 25.4. The van der Waals surface area contributed by atoms with E-state index in [1.165, 1.54) is 20.3 Å². The molecule has 4 aliphatic rings. The number of nitrogens with one attached hydrogen (secondary N) is 2. The molecule has 2 aromatic carbocycles. The topological polar surface area (TPSA) is 115 Å². The lowest BCUT2D eigenvalue weighted by atomic mass is 10.1. The van der Waals surface area contributed by atoms with Gasteiger partial charge in [0.15, 0.2) is 29.6 Å². The third-order valence-corrected chi connectivity index (χ3v) is 7.03. The Labute approximate surface area is 220 Å². The normalized spacial score (nSPS) is 21.6. The van der Waals surface area contributed by atoms with E-state index in [4.69, 9.17) is 18.9 Å². The van der Waals surface area contributed by atoms with Crippen molar-refractivity contribution in [3.8, 4) is 23.0 Å². The number of ether oxygens (including phenoxy) is 4. The van der Waals surface area contributed by atoms with E-state index in [2.05, 4.69) is 10.6 Å². The molecule has 0 spiro atoms. The molecule has 0 radical (unpaired) electrons. The molecule has 3 amide bonds. The van der Waals surface area contributed by atoms with E-state index < -0.39 is 12.1 Å². The Bertz CT molecular complexity index is 1250. The van der Waals surface area contributed by atoms with Crippen LogP contribution in [-0.4, -0.2) is 68.7 Å². The first-order valence-corrected chi connectivity index (χ1v) is 12.6. The Morgan fingerprint density at radius 1 is 0.974 bits per heavy atom. The van der Waals surface area contributed by atoms with Crippen molar-refractivity contribution >= 4 is 17.7 Å². The fourth-order valence-electron chi connectivity index (χ4n) is 4.95. The van der Waals surface area contributed by atoms with Crippen LogP contribution in [0.5, 0.6) is 23.0 Å². The zero-order valence-electron chi connectivity index (χ0n) is 21.4. The molecule has 6 rings (SSSR count). The van der Waals surface area contributed by atoms with E-state index in [0.717, 1.165) is 18.4 Å². The van der Waals surface area contributed by atoms with E-state index in [-0.39, 0.29) is 42.5 Å². The summed E-state index contributed by atoms with van der Waals surface area (Å²) >= 11 is 0. The average Bonchev–Trinajstić information content (AvgIpc) is 3.61. The number of benzene rings is 2. The van der Waals surface area contributed by atoms with E-state index >= 15 is 0 Å². The first-order chi connectivity index (χ1) is 18.4. The molecule has 0 aromatic heterocycles. The third-order valence-electron chi connectivity index (χ3n) is 7.03. The monoisotopic (exact) mass is 521 g/mol. The van der Waals surface area contributed by atoms with E-state index in [1.807, 2.05) is 18.2 Å². The molecule has 2 atom stereocenters. The highest BCUT2D eigenvalue weighted by atomic mass is 16.5. The molecule has 2 aromatic rings. The lowest BCUT2D eigenvalue weighted by Gasteiger charge is -2.22. The highest BCUT2D eigenvalue weighted by Crippen LogP contribution is 2.32. The second-order valence-electron chi connectivity index (χ2n) is 9.54. The fraction of sp³-hybridized carbons (Fsp3) is 0.393. The Balaban J connectivity index is 1.47.